The van der Waals surface area contributed by atoms with Crippen LogP contribution in [0.5, 0.6) is 11.5 Å². The zero-order chi connectivity index (χ0) is 15.4. The molecule has 1 heterocycles. The second-order valence-corrected chi connectivity index (χ2v) is 5.07. The molecule has 0 radical (unpaired) electrons. The van der Waals surface area contributed by atoms with Gasteiger partial charge in [0.15, 0.2) is 11.5 Å². The highest BCUT2D eigenvalue weighted by Gasteiger charge is 2.27. The number of rotatable bonds is 3. The van der Waals surface area contributed by atoms with E-state index < -0.39 is 0 Å². The average Bonchev–Trinajstić information content (AvgIpc) is 2.53. The van der Waals surface area contributed by atoms with Gasteiger partial charge in [-0.25, -0.2) is 0 Å². The third-order valence-corrected chi connectivity index (χ3v) is 3.83. The number of hydrogen-bond acceptors (Lipinski definition) is 4. The van der Waals surface area contributed by atoms with Gasteiger partial charge in [0, 0.05) is 31.6 Å². The maximum Gasteiger partial charge on any atom is 0.253 e. The maximum absolute atomic E-state index is 12.4. The van der Waals surface area contributed by atoms with Crippen LogP contribution >= 0.6 is 0 Å². The highest BCUT2D eigenvalue weighted by molar-refractivity contribution is 5.95. The van der Waals surface area contributed by atoms with Gasteiger partial charge in [-0.15, -0.1) is 0 Å². The van der Waals surface area contributed by atoms with Crippen LogP contribution in [0.2, 0.25) is 0 Å². The van der Waals surface area contributed by atoms with E-state index in [-0.39, 0.29) is 23.5 Å². The molecule has 0 atom stereocenters. The number of phenolic OH excluding ortho intramolecular Hbond substituents is 1. The molecule has 0 unspecified atom stereocenters. The Bertz CT molecular complexity index is 536. The Morgan fingerprint density at radius 2 is 2.00 bits per heavy atom. The summed E-state index contributed by atoms with van der Waals surface area (Å²) in [4.78, 5) is 25.6. The van der Waals surface area contributed by atoms with E-state index in [9.17, 15) is 14.7 Å². The van der Waals surface area contributed by atoms with Gasteiger partial charge in [0.25, 0.3) is 5.91 Å². The number of nitrogens with zero attached hydrogens (tertiary/aromatic N) is 1. The number of likely N-dealkylation sites (tertiary alicyclic amines) is 1. The Labute approximate surface area is 123 Å². The van der Waals surface area contributed by atoms with Gasteiger partial charge in [-0.05, 0) is 31.0 Å². The number of amides is 2. The smallest absolute Gasteiger partial charge is 0.253 e. The van der Waals surface area contributed by atoms with Crippen LogP contribution in [0.4, 0.5) is 0 Å². The van der Waals surface area contributed by atoms with Crippen molar-refractivity contribution in [2.75, 3.05) is 27.2 Å². The predicted molar refractivity (Wildman–Crippen MR) is 77.4 cm³/mol. The summed E-state index contributed by atoms with van der Waals surface area (Å²) in [7, 11) is 3.08. The molecule has 0 saturated carbocycles. The number of benzene rings is 1. The zero-order valence-electron chi connectivity index (χ0n) is 12.3. The van der Waals surface area contributed by atoms with Crippen molar-refractivity contribution in [1.82, 2.24) is 10.2 Å². The summed E-state index contributed by atoms with van der Waals surface area (Å²) in [5, 5.41) is 12.4. The number of piperidine rings is 1. The second kappa shape index (κ2) is 6.47. The number of ether oxygens (including phenoxy) is 1. The standard InChI is InChI=1S/C15H20N2O4/c1-16-14(19)10-5-7-17(8-6-10)15(20)11-3-4-13(21-2)12(18)9-11/h3-4,9-10,18H,5-8H2,1-2H3,(H,16,19). The summed E-state index contributed by atoms with van der Waals surface area (Å²) in [5.41, 5.74) is 0.423. The Balaban J connectivity index is 2.02. The van der Waals surface area contributed by atoms with E-state index >= 15 is 0 Å². The topological polar surface area (TPSA) is 78.9 Å². The molecule has 1 aliphatic rings. The largest absolute Gasteiger partial charge is 0.504 e. The summed E-state index contributed by atoms with van der Waals surface area (Å²) in [5.74, 6) is 0.157. The molecule has 1 saturated heterocycles. The monoisotopic (exact) mass is 292 g/mol. The second-order valence-electron chi connectivity index (χ2n) is 5.07. The van der Waals surface area contributed by atoms with Gasteiger partial charge in [-0.2, -0.15) is 0 Å². The first-order chi connectivity index (χ1) is 10.1. The van der Waals surface area contributed by atoms with Crippen LogP contribution in [0.1, 0.15) is 23.2 Å². The van der Waals surface area contributed by atoms with Gasteiger partial charge in [-0.3, -0.25) is 9.59 Å². The molecule has 2 rings (SSSR count). The first-order valence-electron chi connectivity index (χ1n) is 6.94. The van der Waals surface area contributed by atoms with E-state index in [1.807, 2.05) is 0 Å². The highest BCUT2D eigenvalue weighted by Crippen LogP contribution is 2.27. The minimum atomic E-state index is -0.136. The first-order valence-corrected chi connectivity index (χ1v) is 6.94. The normalized spacial score (nSPS) is 15.6. The minimum Gasteiger partial charge on any atom is -0.504 e. The van der Waals surface area contributed by atoms with E-state index in [1.54, 1.807) is 24.1 Å². The van der Waals surface area contributed by atoms with Crippen LogP contribution in [0.3, 0.4) is 0 Å². The number of hydrogen-bond donors (Lipinski definition) is 2. The molecule has 2 N–H and O–H groups in total. The molecule has 0 aliphatic carbocycles. The van der Waals surface area contributed by atoms with E-state index in [1.165, 1.54) is 13.2 Å². The van der Waals surface area contributed by atoms with Crippen LogP contribution in [-0.4, -0.2) is 49.1 Å². The van der Waals surface area contributed by atoms with Gasteiger partial charge < -0.3 is 20.1 Å². The summed E-state index contributed by atoms with van der Waals surface area (Å²) in [6.07, 6.45) is 1.32. The summed E-state index contributed by atoms with van der Waals surface area (Å²) in [6.45, 7) is 1.09. The van der Waals surface area contributed by atoms with Gasteiger partial charge in [-0.1, -0.05) is 0 Å². The molecule has 1 aliphatic heterocycles. The number of carbonyl (C=O) groups is 2. The Morgan fingerprint density at radius 1 is 1.33 bits per heavy atom. The van der Waals surface area contributed by atoms with Crippen molar-refractivity contribution in [3.05, 3.63) is 23.8 Å². The molecule has 6 heteroatoms. The van der Waals surface area contributed by atoms with Crippen LogP contribution in [0.25, 0.3) is 0 Å². The van der Waals surface area contributed by atoms with E-state index in [0.29, 0.717) is 37.2 Å². The molecule has 1 aromatic rings. The number of carbonyl (C=O) groups excluding carboxylic acids is 2. The lowest BCUT2D eigenvalue weighted by Gasteiger charge is -2.31. The van der Waals surface area contributed by atoms with Crippen molar-refractivity contribution in [3.8, 4) is 11.5 Å². The zero-order valence-corrected chi connectivity index (χ0v) is 12.3. The molecule has 1 aromatic carbocycles. The summed E-state index contributed by atoms with van der Waals surface area (Å²) in [6, 6.07) is 4.61. The van der Waals surface area contributed by atoms with Crippen molar-refractivity contribution >= 4 is 11.8 Å². The fourth-order valence-corrected chi connectivity index (χ4v) is 2.55. The lowest BCUT2D eigenvalue weighted by molar-refractivity contribution is -0.125. The first kappa shape index (κ1) is 15.2. The van der Waals surface area contributed by atoms with E-state index in [0.717, 1.165) is 0 Å². The SMILES string of the molecule is CNC(=O)C1CCN(C(=O)c2ccc(OC)c(O)c2)CC1. The van der Waals surface area contributed by atoms with Gasteiger partial charge in [0.1, 0.15) is 0 Å². The summed E-state index contributed by atoms with van der Waals surface area (Å²) >= 11 is 0. The highest BCUT2D eigenvalue weighted by atomic mass is 16.5. The van der Waals surface area contributed by atoms with Crippen molar-refractivity contribution < 1.29 is 19.4 Å². The van der Waals surface area contributed by atoms with Crippen molar-refractivity contribution in [2.24, 2.45) is 5.92 Å². The third kappa shape index (κ3) is 3.26. The van der Waals surface area contributed by atoms with E-state index in [2.05, 4.69) is 5.32 Å². The molecule has 1 fully saturated rings. The third-order valence-electron chi connectivity index (χ3n) is 3.83. The number of phenols is 1. The van der Waals surface area contributed by atoms with Crippen LogP contribution in [-0.2, 0) is 4.79 Å². The minimum absolute atomic E-state index is 0.0247. The van der Waals surface area contributed by atoms with Crippen LogP contribution in [0.15, 0.2) is 18.2 Å². The van der Waals surface area contributed by atoms with Crippen molar-refractivity contribution in [2.45, 2.75) is 12.8 Å². The molecular weight excluding hydrogens is 272 g/mol. The quantitative estimate of drug-likeness (QED) is 0.871. The molecule has 114 valence electrons. The maximum atomic E-state index is 12.4. The van der Waals surface area contributed by atoms with Crippen molar-refractivity contribution in [3.63, 3.8) is 0 Å². The molecule has 0 aromatic heterocycles. The van der Waals surface area contributed by atoms with Gasteiger partial charge in [0.05, 0.1) is 7.11 Å². The number of nitrogens with one attached hydrogen (secondary N) is 1. The lowest BCUT2D eigenvalue weighted by atomic mass is 9.95. The van der Waals surface area contributed by atoms with Gasteiger partial charge in [0.2, 0.25) is 5.91 Å². The Kier molecular flexibility index (Phi) is 4.67. The number of aromatic hydroxyl groups is 1. The molecule has 21 heavy (non-hydrogen) atoms. The lowest BCUT2D eigenvalue weighted by Crippen LogP contribution is -2.42. The fourth-order valence-electron chi connectivity index (χ4n) is 2.55. The predicted octanol–water partition coefficient (Wildman–Crippen LogP) is 0.999. The van der Waals surface area contributed by atoms with Crippen LogP contribution < -0.4 is 10.1 Å². The molecule has 0 bridgehead atoms. The average molecular weight is 292 g/mol. The molecule has 0 spiro atoms. The fraction of sp³-hybridized carbons (Fsp3) is 0.467. The van der Waals surface area contributed by atoms with Gasteiger partial charge >= 0.3 is 0 Å². The van der Waals surface area contributed by atoms with Crippen LogP contribution in [0, 0.1) is 5.92 Å². The summed E-state index contributed by atoms with van der Waals surface area (Å²) < 4.78 is 4.96. The molecule has 6 nitrogen and oxygen atoms in total. The Hall–Kier alpha value is -2.24. The van der Waals surface area contributed by atoms with Crippen molar-refractivity contribution in [1.29, 1.82) is 0 Å². The number of methoxy groups -OCH3 is 1. The Morgan fingerprint density at radius 3 is 2.52 bits per heavy atom. The molecule has 2 amide bonds. The molecular formula is C15H20N2O4. The van der Waals surface area contributed by atoms with E-state index in [4.69, 9.17) is 4.74 Å².